The number of rotatable bonds is 8. The molecule has 1 amide bonds. The van der Waals surface area contributed by atoms with Gasteiger partial charge in [0.1, 0.15) is 12.4 Å². The summed E-state index contributed by atoms with van der Waals surface area (Å²) in [5, 5.41) is 2.89. The van der Waals surface area contributed by atoms with Crippen molar-refractivity contribution in [3.63, 3.8) is 0 Å². The highest BCUT2D eigenvalue weighted by Crippen LogP contribution is 2.35. The summed E-state index contributed by atoms with van der Waals surface area (Å²) < 4.78 is 49.2. The number of aromatic nitrogens is 2. The molecule has 0 saturated carbocycles. The van der Waals surface area contributed by atoms with Gasteiger partial charge in [0.15, 0.2) is 5.16 Å². The van der Waals surface area contributed by atoms with E-state index >= 15 is 0 Å². The lowest BCUT2D eigenvalue weighted by molar-refractivity contribution is -0.137. The Hall–Kier alpha value is -2.33. The van der Waals surface area contributed by atoms with Crippen molar-refractivity contribution in [2.24, 2.45) is 0 Å². The molecule has 1 N–H and O–H groups in total. The summed E-state index contributed by atoms with van der Waals surface area (Å²) in [6.07, 6.45) is -4.54. The van der Waals surface area contributed by atoms with Gasteiger partial charge >= 0.3 is 6.18 Å². The average Bonchev–Trinajstić information content (AvgIpc) is 2.59. The molecule has 10 heteroatoms. The standard InChI is InChI=1S/C18H20F3N3O3S/c1-11-8-12(2)23-17(22-11)28-10-16(25)24-14-9-13(18(19,20)21)4-5-15(14)27-7-6-26-3/h4-5,8-9H,6-7,10H2,1-3H3,(H,24,25). The number of halogens is 3. The Bertz CT molecular complexity index is 811. The third-order valence-corrected chi connectivity index (χ3v) is 4.27. The van der Waals surface area contributed by atoms with Gasteiger partial charge in [0.05, 0.1) is 23.6 Å². The van der Waals surface area contributed by atoms with Gasteiger partial charge in [-0.2, -0.15) is 13.2 Å². The molecule has 0 unspecified atom stereocenters. The molecule has 1 aromatic heterocycles. The number of hydrogen-bond donors (Lipinski definition) is 1. The maximum Gasteiger partial charge on any atom is 0.416 e. The SMILES string of the molecule is COCCOc1ccc(C(F)(F)F)cc1NC(=O)CSc1nc(C)cc(C)n1. The first-order valence-electron chi connectivity index (χ1n) is 8.27. The molecule has 2 rings (SSSR count). The predicted molar refractivity (Wildman–Crippen MR) is 99.7 cm³/mol. The van der Waals surface area contributed by atoms with Crippen LogP contribution in [0.15, 0.2) is 29.4 Å². The van der Waals surface area contributed by atoms with Crippen LogP contribution in [0.3, 0.4) is 0 Å². The lowest BCUT2D eigenvalue weighted by Gasteiger charge is -2.15. The van der Waals surface area contributed by atoms with E-state index in [1.165, 1.54) is 13.2 Å². The van der Waals surface area contributed by atoms with Gasteiger partial charge in [-0.1, -0.05) is 11.8 Å². The number of alkyl halides is 3. The number of anilines is 1. The van der Waals surface area contributed by atoms with Gasteiger partial charge < -0.3 is 14.8 Å². The van der Waals surface area contributed by atoms with Gasteiger partial charge in [0, 0.05) is 18.5 Å². The van der Waals surface area contributed by atoms with E-state index < -0.39 is 17.6 Å². The van der Waals surface area contributed by atoms with Crippen LogP contribution in [0.25, 0.3) is 0 Å². The molecule has 2 aromatic rings. The second kappa shape index (κ2) is 9.74. The van der Waals surface area contributed by atoms with Gasteiger partial charge in [-0.15, -0.1) is 0 Å². The van der Waals surface area contributed by atoms with Crippen molar-refractivity contribution in [3.8, 4) is 5.75 Å². The number of nitrogens with one attached hydrogen (secondary N) is 1. The zero-order chi connectivity index (χ0) is 20.7. The number of thioether (sulfide) groups is 1. The fourth-order valence-electron chi connectivity index (χ4n) is 2.24. The molecule has 0 aliphatic rings. The fraction of sp³-hybridized carbons (Fsp3) is 0.389. The molecule has 0 bridgehead atoms. The second-order valence-corrected chi connectivity index (χ2v) is 6.76. The maximum absolute atomic E-state index is 13.0. The first kappa shape index (κ1) is 22.0. The van der Waals surface area contributed by atoms with Crippen LogP contribution in [0.1, 0.15) is 17.0 Å². The van der Waals surface area contributed by atoms with Gasteiger partial charge in [-0.25, -0.2) is 9.97 Å². The Morgan fingerprint density at radius 2 is 1.82 bits per heavy atom. The maximum atomic E-state index is 13.0. The summed E-state index contributed by atoms with van der Waals surface area (Å²) in [6.45, 7) is 4.01. The van der Waals surface area contributed by atoms with Gasteiger partial charge in [0.2, 0.25) is 5.91 Å². The lowest BCUT2D eigenvalue weighted by Crippen LogP contribution is -2.17. The van der Waals surface area contributed by atoms with E-state index in [9.17, 15) is 18.0 Å². The van der Waals surface area contributed by atoms with Crippen molar-refractivity contribution < 1.29 is 27.4 Å². The van der Waals surface area contributed by atoms with Crippen molar-refractivity contribution in [2.75, 3.05) is 31.4 Å². The molecule has 0 saturated heterocycles. The van der Waals surface area contributed by atoms with Crippen LogP contribution in [0.5, 0.6) is 5.75 Å². The zero-order valence-electron chi connectivity index (χ0n) is 15.6. The Morgan fingerprint density at radius 1 is 1.14 bits per heavy atom. The van der Waals surface area contributed by atoms with Crippen LogP contribution < -0.4 is 10.1 Å². The van der Waals surface area contributed by atoms with E-state index in [0.717, 1.165) is 35.3 Å². The van der Waals surface area contributed by atoms with E-state index in [-0.39, 0.29) is 30.4 Å². The molecular formula is C18H20F3N3O3S. The molecule has 152 valence electrons. The Kier molecular flexibility index (Phi) is 7.64. The molecule has 28 heavy (non-hydrogen) atoms. The number of aryl methyl sites for hydroxylation is 2. The van der Waals surface area contributed by atoms with Gasteiger partial charge in [-0.3, -0.25) is 4.79 Å². The highest BCUT2D eigenvalue weighted by Gasteiger charge is 2.31. The quantitative estimate of drug-likeness (QED) is 0.401. The van der Waals surface area contributed by atoms with Crippen molar-refractivity contribution in [2.45, 2.75) is 25.2 Å². The smallest absolute Gasteiger partial charge is 0.416 e. The van der Waals surface area contributed by atoms with Crippen LogP contribution in [-0.2, 0) is 15.7 Å². The monoisotopic (exact) mass is 415 g/mol. The van der Waals surface area contributed by atoms with Crippen LogP contribution in [0.4, 0.5) is 18.9 Å². The summed E-state index contributed by atoms with van der Waals surface area (Å²) in [5.74, 6) is -0.425. The fourth-order valence-corrected chi connectivity index (χ4v) is 2.99. The highest BCUT2D eigenvalue weighted by molar-refractivity contribution is 7.99. The largest absolute Gasteiger partial charge is 0.489 e. The lowest BCUT2D eigenvalue weighted by atomic mass is 10.1. The van der Waals surface area contributed by atoms with Crippen molar-refractivity contribution >= 4 is 23.4 Å². The average molecular weight is 415 g/mol. The number of carbonyl (C=O) groups is 1. The van der Waals surface area contributed by atoms with E-state index in [1.807, 2.05) is 13.8 Å². The number of carbonyl (C=O) groups excluding carboxylic acids is 1. The minimum absolute atomic E-state index is 0.0575. The summed E-state index contributed by atoms with van der Waals surface area (Å²) in [5.41, 5.74) is 0.592. The van der Waals surface area contributed by atoms with E-state index in [0.29, 0.717) is 5.16 Å². The van der Waals surface area contributed by atoms with Crippen LogP contribution in [0, 0.1) is 13.8 Å². The normalized spacial score (nSPS) is 11.4. The molecule has 0 spiro atoms. The molecule has 1 aromatic carbocycles. The molecule has 0 aliphatic carbocycles. The summed E-state index contributed by atoms with van der Waals surface area (Å²) in [4.78, 5) is 20.7. The van der Waals surface area contributed by atoms with Crippen LogP contribution in [0.2, 0.25) is 0 Å². The number of hydrogen-bond acceptors (Lipinski definition) is 6. The van der Waals surface area contributed by atoms with Crippen LogP contribution >= 0.6 is 11.8 Å². The van der Waals surface area contributed by atoms with Gasteiger partial charge in [0.25, 0.3) is 0 Å². The predicted octanol–water partition coefficient (Wildman–Crippen LogP) is 3.87. The number of ether oxygens (including phenoxy) is 2. The second-order valence-electron chi connectivity index (χ2n) is 5.82. The third kappa shape index (κ3) is 6.68. The van der Waals surface area contributed by atoms with Crippen LogP contribution in [-0.4, -0.2) is 42.0 Å². The molecular weight excluding hydrogens is 395 g/mol. The third-order valence-electron chi connectivity index (χ3n) is 3.42. The Labute approximate surface area is 164 Å². The van der Waals surface area contributed by atoms with E-state index in [1.54, 1.807) is 6.07 Å². The van der Waals surface area contributed by atoms with E-state index in [4.69, 9.17) is 9.47 Å². The minimum Gasteiger partial charge on any atom is -0.489 e. The molecule has 0 atom stereocenters. The Morgan fingerprint density at radius 3 is 2.43 bits per heavy atom. The molecule has 0 fully saturated rings. The van der Waals surface area contributed by atoms with Crippen molar-refractivity contribution in [1.82, 2.24) is 9.97 Å². The number of nitrogens with zero attached hydrogens (tertiary/aromatic N) is 2. The summed E-state index contributed by atoms with van der Waals surface area (Å²) >= 11 is 1.10. The van der Waals surface area contributed by atoms with Gasteiger partial charge in [-0.05, 0) is 38.1 Å². The summed E-state index contributed by atoms with van der Waals surface area (Å²) in [7, 11) is 1.48. The first-order valence-corrected chi connectivity index (χ1v) is 9.25. The number of benzene rings is 1. The van der Waals surface area contributed by atoms with Crippen molar-refractivity contribution in [3.05, 3.63) is 41.2 Å². The summed E-state index contributed by atoms with van der Waals surface area (Å²) in [6, 6.07) is 4.72. The van der Waals surface area contributed by atoms with Crippen molar-refractivity contribution in [1.29, 1.82) is 0 Å². The molecule has 1 heterocycles. The highest BCUT2D eigenvalue weighted by atomic mass is 32.2. The zero-order valence-corrected chi connectivity index (χ0v) is 16.4. The number of amides is 1. The number of methoxy groups -OCH3 is 1. The first-order chi connectivity index (χ1) is 13.2. The van der Waals surface area contributed by atoms with E-state index in [2.05, 4.69) is 15.3 Å². The Balaban J connectivity index is 2.11. The molecule has 0 aliphatic heterocycles. The molecule has 6 nitrogen and oxygen atoms in total. The molecule has 0 radical (unpaired) electrons. The topological polar surface area (TPSA) is 73.3 Å². The minimum atomic E-state index is -4.54.